The van der Waals surface area contributed by atoms with Gasteiger partial charge in [-0.05, 0) is 47.8 Å². The number of imide groups is 1. The Morgan fingerprint density at radius 3 is 1.77 bits per heavy atom. The predicted molar refractivity (Wildman–Crippen MR) is 139 cm³/mol. The highest BCUT2D eigenvalue weighted by atomic mass is 32.1. The van der Waals surface area contributed by atoms with E-state index in [0.29, 0.717) is 0 Å². The number of benzene rings is 1. The Morgan fingerprint density at radius 1 is 0.829 bits per heavy atom. The van der Waals surface area contributed by atoms with Gasteiger partial charge in [0.25, 0.3) is 11.8 Å². The topological polar surface area (TPSA) is 77.8 Å². The third-order valence-corrected chi connectivity index (χ3v) is 13.4. The Bertz CT molecular complexity index is 1120. The maximum atomic E-state index is 13.6. The monoisotopic (exact) mass is 514 g/mol. The van der Waals surface area contributed by atoms with Gasteiger partial charge in [-0.25, -0.2) is 4.79 Å². The minimum atomic E-state index is -2.46. The Kier molecular flexibility index (Phi) is 8.13. The summed E-state index contributed by atoms with van der Waals surface area (Å²) in [5, 5.41) is 0. The van der Waals surface area contributed by atoms with Crippen LogP contribution < -0.4 is 4.84 Å². The van der Waals surface area contributed by atoms with Crippen LogP contribution in [0.4, 0.5) is 0 Å². The molecule has 2 aromatic rings. The van der Waals surface area contributed by atoms with E-state index in [4.69, 9.17) is 21.5 Å². The van der Waals surface area contributed by atoms with Crippen LogP contribution in [-0.4, -0.2) is 47.9 Å². The first-order valence-corrected chi connectivity index (χ1v) is 14.5. The highest BCUT2D eigenvalue weighted by Gasteiger charge is 2.51. The van der Waals surface area contributed by atoms with Crippen molar-refractivity contribution in [1.82, 2.24) is 9.63 Å². The summed E-state index contributed by atoms with van der Waals surface area (Å²) in [6, 6.07) is 10.3. The number of aromatic nitrogens is 1. The van der Waals surface area contributed by atoms with E-state index in [2.05, 4.69) is 41.5 Å². The molecule has 9 heteroatoms. The lowest BCUT2D eigenvalue weighted by atomic mass is 10.1. The van der Waals surface area contributed by atoms with E-state index in [0.717, 1.165) is 9.63 Å². The van der Waals surface area contributed by atoms with Crippen molar-refractivity contribution < 1.29 is 23.6 Å². The number of carbonyl (C=O) groups is 3. The number of hydrogen-bond donors (Lipinski definition) is 0. The van der Waals surface area contributed by atoms with Gasteiger partial charge in [0.05, 0.1) is 17.2 Å². The largest absolute Gasteiger partial charge is 0.411 e. The summed E-state index contributed by atoms with van der Waals surface area (Å²) in [4.78, 5) is 47.0. The van der Waals surface area contributed by atoms with Crippen LogP contribution in [0.25, 0.3) is 0 Å². The molecule has 0 bridgehead atoms. The summed E-state index contributed by atoms with van der Waals surface area (Å²) >= 11 is 5.26. The summed E-state index contributed by atoms with van der Waals surface area (Å²) in [5.74, 6) is -1.86. The number of fused-ring (bicyclic) bond motifs is 1. The fourth-order valence-corrected chi connectivity index (χ4v) is 11.2. The van der Waals surface area contributed by atoms with Gasteiger partial charge < -0.3 is 9.26 Å². The molecule has 2 atom stereocenters. The van der Waals surface area contributed by atoms with Crippen molar-refractivity contribution in [2.75, 3.05) is 0 Å². The maximum Gasteiger partial charge on any atom is 0.358 e. The smallest absolute Gasteiger partial charge is 0.358 e. The number of nitrogens with zero attached hydrogens (tertiary/aromatic N) is 2. The lowest BCUT2D eigenvalue weighted by molar-refractivity contribution is -0.152. The number of amides is 2. The third kappa shape index (κ3) is 4.89. The number of carbonyl (C=O) groups excluding carboxylic acids is 3. The SMILES string of the molecule is CC(C)[Si](O[C@H](C)C(C(=O)On1ccccc1=S)N1C(=O)c2ccccc2C1=O)(C(C)C)C(C)C. The summed E-state index contributed by atoms with van der Waals surface area (Å²) in [5.41, 5.74) is 1.25. The quantitative estimate of drug-likeness (QED) is 0.253. The van der Waals surface area contributed by atoms with Crippen LogP contribution in [0.3, 0.4) is 0 Å². The van der Waals surface area contributed by atoms with Crippen molar-refractivity contribution in [2.24, 2.45) is 0 Å². The molecule has 0 spiro atoms. The van der Waals surface area contributed by atoms with Crippen molar-refractivity contribution in [2.45, 2.75) is 77.2 Å². The molecule has 0 saturated carbocycles. The number of rotatable bonds is 9. The lowest BCUT2D eigenvalue weighted by Gasteiger charge is -2.45. The van der Waals surface area contributed by atoms with Gasteiger partial charge in [-0.3, -0.25) is 14.5 Å². The van der Waals surface area contributed by atoms with Crippen LogP contribution in [0.2, 0.25) is 16.6 Å². The second-order valence-electron chi connectivity index (χ2n) is 9.89. The van der Waals surface area contributed by atoms with E-state index in [1.807, 2.05) is 0 Å². The second-order valence-corrected chi connectivity index (χ2v) is 15.7. The lowest BCUT2D eigenvalue weighted by Crippen LogP contribution is -2.59. The average molecular weight is 515 g/mol. The van der Waals surface area contributed by atoms with Crippen molar-refractivity contribution in [3.05, 3.63) is 64.4 Å². The Morgan fingerprint density at radius 2 is 1.31 bits per heavy atom. The molecule has 1 aliphatic rings. The molecule has 35 heavy (non-hydrogen) atoms. The molecule has 1 aliphatic heterocycles. The summed E-state index contributed by atoms with van der Waals surface area (Å²) < 4.78 is 8.28. The second kappa shape index (κ2) is 10.6. The Balaban J connectivity index is 2.07. The van der Waals surface area contributed by atoms with Crippen LogP contribution in [0, 0.1) is 4.64 Å². The molecule has 188 valence electrons. The average Bonchev–Trinajstić information content (AvgIpc) is 3.04. The Hall–Kier alpha value is -2.62. The Labute approximate surface area is 213 Å². The maximum absolute atomic E-state index is 13.6. The predicted octanol–water partition coefficient (Wildman–Crippen LogP) is 5.42. The van der Waals surface area contributed by atoms with E-state index in [-0.39, 0.29) is 32.4 Å². The van der Waals surface area contributed by atoms with Gasteiger partial charge in [-0.2, -0.15) is 4.73 Å². The molecule has 3 rings (SSSR count). The summed E-state index contributed by atoms with van der Waals surface area (Å²) in [7, 11) is -2.46. The zero-order valence-corrected chi connectivity index (χ0v) is 23.2. The molecular formula is C26H34N2O5SSi. The molecule has 0 radical (unpaired) electrons. The first-order chi connectivity index (χ1) is 16.4. The van der Waals surface area contributed by atoms with Crippen molar-refractivity contribution in [1.29, 1.82) is 0 Å². The van der Waals surface area contributed by atoms with Crippen molar-refractivity contribution in [3.63, 3.8) is 0 Å². The summed E-state index contributed by atoms with van der Waals surface area (Å²) in [6.07, 6.45) is 0.724. The fourth-order valence-electron chi connectivity index (χ4n) is 5.40. The van der Waals surface area contributed by atoms with E-state index >= 15 is 0 Å². The highest BCUT2D eigenvalue weighted by Crippen LogP contribution is 2.43. The van der Waals surface area contributed by atoms with Crippen LogP contribution in [0.1, 0.15) is 69.2 Å². The molecule has 2 heterocycles. The molecule has 0 fully saturated rings. The van der Waals surface area contributed by atoms with Crippen LogP contribution >= 0.6 is 12.2 Å². The minimum absolute atomic E-state index is 0.242. The molecular weight excluding hydrogens is 480 g/mol. The zero-order valence-electron chi connectivity index (χ0n) is 21.3. The van der Waals surface area contributed by atoms with Crippen LogP contribution in [-0.2, 0) is 9.22 Å². The zero-order chi connectivity index (χ0) is 26.1. The first kappa shape index (κ1) is 27.0. The molecule has 1 unspecified atom stereocenters. The molecule has 2 amide bonds. The van der Waals surface area contributed by atoms with Crippen molar-refractivity contribution in [3.8, 4) is 0 Å². The van der Waals surface area contributed by atoms with Crippen LogP contribution in [0.5, 0.6) is 0 Å². The molecule has 0 N–H and O–H groups in total. The van der Waals surface area contributed by atoms with E-state index in [1.165, 1.54) is 6.20 Å². The van der Waals surface area contributed by atoms with Gasteiger partial charge in [0, 0.05) is 6.20 Å². The molecule has 7 nitrogen and oxygen atoms in total. The summed E-state index contributed by atoms with van der Waals surface area (Å²) in [6.45, 7) is 14.6. The van der Waals surface area contributed by atoms with Crippen molar-refractivity contribution >= 4 is 38.3 Å². The minimum Gasteiger partial charge on any atom is -0.411 e. The highest BCUT2D eigenvalue weighted by molar-refractivity contribution is 7.71. The molecule has 1 aromatic heterocycles. The normalized spacial score (nSPS) is 15.7. The molecule has 0 aliphatic carbocycles. The van der Waals surface area contributed by atoms with E-state index in [9.17, 15) is 14.4 Å². The van der Waals surface area contributed by atoms with Gasteiger partial charge in [0.1, 0.15) is 4.64 Å². The van der Waals surface area contributed by atoms with E-state index < -0.39 is 38.2 Å². The number of hydrogen-bond acceptors (Lipinski definition) is 6. The fraction of sp³-hybridized carbons (Fsp3) is 0.462. The first-order valence-electron chi connectivity index (χ1n) is 12.0. The third-order valence-electron chi connectivity index (χ3n) is 6.86. The van der Waals surface area contributed by atoms with Gasteiger partial charge in [-0.1, -0.05) is 72.0 Å². The van der Waals surface area contributed by atoms with Crippen LogP contribution in [0.15, 0.2) is 48.7 Å². The molecule has 1 aromatic carbocycles. The van der Waals surface area contributed by atoms with E-state index in [1.54, 1.807) is 49.4 Å². The van der Waals surface area contributed by atoms with Gasteiger partial charge >= 0.3 is 5.97 Å². The van der Waals surface area contributed by atoms with Gasteiger partial charge in [0.2, 0.25) is 8.32 Å². The number of pyridine rings is 1. The molecule has 0 saturated heterocycles. The van der Waals surface area contributed by atoms with Gasteiger partial charge in [0.15, 0.2) is 6.04 Å². The standard InChI is InChI=1S/C26H34N2O5SSi/c1-16(2)35(17(3)4,18(5)6)33-19(7)23(26(31)32-27-15-11-10-14-22(27)34)28-24(29)20-12-8-9-13-21(20)25(28)30/h8-19,23H,1-7H3/t19-,23?/m1/s1. The van der Waals surface area contributed by atoms with Gasteiger partial charge in [-0.15, -0.1) is 0 Å².